The van der Waals surface area contributed by atoms with Gasteiger partial charge in [0.25, 0.3) is 0 Å². The Morgan fingerprint density at radius 1 is 1.39 bits per heavy atom. The number of carbonyl (C=O) groups is 1. The number of hydrogen-bond acceptors (Lipinski definition) is 2. The van der Waals surface area contributed by atoms with Crippen molar-refractivity contribution in [1.29, 1.82) is 0 Å². The lowest BCUT2D eigenvalue weighted by molar-refractivity contribution is -0.130. The van der Waals surface area contributed by atoms with Crippen LogP contribution in [-0.2, 0) is 11.2 Å². The van der Waals surface area contributed by atoms with E-state index in [1.165, 1.54) is 5.56 Å². The molecule has 4 nitrogen and oxygen atoms in total. The molecule has 1 saturated heterocycles. The molecule has 2 heterocycles. The van der Waals surface area contributed by atoms with Crippen molar-refractivity contribution in [2.45, 2.75) is 53.0 Å². The molecule has 0 atom stereocenters. The largest absolute Gasteiger partial charge is 0.343 e. The minimum absolute atomic E-state index is 0.188. The van der Waals surface area contributed by atoms with Crippen LogP contribution in [0.4, 0.5) is 0 Å². The predicted octanol–water partition coefficient (Wildman–Crippen LogP) is 2.66. The number of hydrogen-bond donors (Lipinski definition) is 0. The van der Waals surface area contributed by atoms with Crippen molar-refractivity contribution < 1.29 is 4.79 Å². The molecule has 1 aromatic rings. The predicted molar refractivity (Wildman–Crippen MR) is 73.5 cm³/mol. The van der Waals surface area contributed by atoms with E-state index in [1.54, 1.807) is 6.92 Å². The molecular weight excluding hydrogens is 226 g/mol. The van der Waals surface area contributed by atoms with Crippen LogP contribution in [0, 0.1) is 0 Å². The molecular formula is C14H25N3O. The maximum Gasteiger partial charge on any atom is 0.219 e. The van der Waals surface area contributed by atoms with Gasteiger partial charge in [0.1, 0.15) is 0 Å². The van der Waals surface area contributed by atoms with Crippen LogP contribution in [0.25, 0.3) is 0 Å². The highest BCUT2D eigenvalue weighted by Crippen LogP contribution is 2.22. The number of piperidine rings is 1. The van der Waals surface area contributed by atoms with Crippen LogP contribution < -0.4 is 0 Å². The zero-order chi connectivity index (χ0) is 13.5. The monoisotopic (exact) mass is 251 g/mol. The Labute approximate surface area is 110 Å². The smallest absolute Gasteiger partial charge is 0.219 e. The Kier molecular flexibility index (Phi) is 5.89. The third kappa shape index (κ3) is 3.59. The Bertz CT molecular complexity index is 365. The van der Waals surface area contributed by atoms with Gasteiger partial charge in [0.15, 0.2) is 0 Å². The van der Waals surface area contributed by atoms with Gasteiger partial charge in [-0.3, -0.25) is 9.48 Å². The maximum absolute atomic E-state index is 11.2. The summed E-state index contributed by atoms with van der Waals surface area (Å²) in [5.74, 6) is 0.188. The number of amides is 1. The molecule has 1 aliphatic rings. The summed E-state index contributed by atoms with van der Waals surface area (Å²) in [5.41, 5.74) is 1.29. The lowest BCUT2D eigenvalue weighted by atomic mass is 10.1. The average Bonchev–Trinajstić information content (AvgIpc) is 2.90. The fourth-order valence-electron chi connectivity index (χ4n) is 2.20. The van der Waals surface area contributed by atoms with Crippen LogP contribution in [0.2, 0.25) is 0 Å². The van der Waals surface area contributed by atoms with Gasteiger partial charge in [-0.15, -0.1) is 0 Å². The minimum atomic E-state index is 0.188. The molecule has 0 unspecified atom stereocenters. The van der Waals surface area contributed by atoms with Gasteiger partial charge in [0.05, 0.1) is 12.2 Å². The highest BCUT2D eigenvalue weighted by Gasteiger charge is 2.22. The van der Waals surface area contributed by atoms with E-state index in [9.17, 15) is 4.79 Å². The average molecular weight is 251 g/mol. The van der Waals surface area contributed by atoms with Crippen LogP contribution in [0.1, 0.15) is 52.1 Å². The molecule has 0 N–H and O–H groups in total. The van der Waals surface area contributed by atoms with E-state index >= 15 is 0 Å². The fraction of sp³-hybridized carbons (Fsp3) is 0.714. The van der Waals surface area contributed by atoms with Crippen LogP contribution >= 0.6 is 0 Å². The van der Waals surface area contributed by atoms with Gasteiger partial charge in [0, 0.05) is 26.2 Å². The number of aromatic nitrogens is 2. The molecule has 0 aliphatic carbocycles. The van der Waals surface area contributed by atoms with Gasteiger partial charge in [-0.05, 0) is 24.8 Å². The van der Waals surface area contributed by atoms with E-state index in [-0.39, 0.29) is 5.91 Å². The SMILES string of the molecule is CC.CCc1cnn(C2CCN(C(C)=O)CC2)c1. The van der Waals surface area contributed by atoms with Crippen molar-refractivity contribution in [1.82, 2.24) is 14.7 Å². The topological polar surface area (TPSA) is 38.1 Å². The standard InChI is InChI=1S/C12H19N3O.C2H6/c1-3-11-8-13-15(9-11)12-4-6-14(7-5-12)10(2)16;1-2/h8-9,12H,3-7H2,1-2H3;1-2H3. The number of likely N-dealkylation sites (tertiary alicyclic amines) is 1. The van der Waals surface area contributed by atoms with Crippen molar-refractivity contribution in [2.75, 3.05) is 13.1 Å². The molecule has 102 valence electrons. The first-order valence-electron chi connectivity index (χ1n) is 6.99. The molecule has 1 aliphatic heterocycles. The summed E-state index contributed by atoms with van der Waals surface area (Å²) in [6.45, 7) is 9.51. The number of aryl methyl sites for hydroxylation is 1. The Morgan fingerprint density at radius 3 is 2.44 bits per heavy atom. The van der Waals surface area contributed by atoms with Gasteiger partial charge in [0.2, 0.25) is 5.91 Å². The first-order valence-corrected chi connectivity index (χ1v) is 6.99. The Balaban J connectivity index is 0.000000771. The third-order valence-electron chi connectivity index (χ3n) is 3.35. The van der Waals surface area contributed by atoms with Crippen molar-refractivity contribution in [3.05, 3.63) is 18.0 Å². The molecule has 0 radical (unpaired) electrons. The lowest BCUT2D eigenvalue weighted by Crippen LogP contribution is -2.37. The summed E-state index contributed by atoms with van der Waals surface area (Å²) in [6, 6.07) is 0.468. The molecule has 0 bridgehead atoms. The summed E-state index contributed by atoms with van der Waals surface area (Å²) in [5, 5.41) is 4.39. The van der Waals surface area contributed by atoms with Gasteiger partial charge >= 0.3 is 0 Å². The Morgan fingerprint density at radius 2 is 2.00 bits per heavy atom. The summed E-state index contributed by atoms with van der Waals surface area (Å²) < 4.78 is 2.07. The zero-order valence-electron chi connectivity index (χ0n) is 12.0. The van der Waals surface area contributed by atoms with E-state index in [4.69, 9.17) is 0 Å². The van der Waals surface area contributed by atoms with Crippen LogP contribution in [0.5, 0.6) is 0 Å². The summed E-state index contributed by atoms with van der Waals surface area (Å²) >= 11 is 0. The minimum Gasteiger partial charge on any atom is -0.343 e. The first-order chi connectivity index (χ1) is 8.70. The maximum atomic E-state index is 11.2. The van der Waals surface area contributed by atoms with Crippen molar-refractivity contribution >= 4 is 5.91 Å². The highest BCUT2D eigenvalue weighted by molar-refractivity contribution is 5.73. The fourth-order valence-corrected chi connectivity index (χ4v) is 2.20. The van der Waals surface area contributed by atoms with E-state index in [0.29, 0.717) is 6.04 Å². The molecule has 4 heteroatoms. The molecule has 18 heavy (non-hydrogen) atoms. The van der Waals surface area contributed by atoms with Crippen LogP contribution in [-0.4, -0.2) is 33.7 Å². The zero-order valence-corrected chi connectivity index (χ0v) is 12.0. The summed E-state index contributed by atoms with van der Waals surface area (Å²) in [4.78, 5) is 13.1. The van der Waals surface area contributed by atoms with Gasteiger partial charge in [-0.2, -0.15) is 5.10 Å². The van der Waals surface area contributed by atoms with Crippen molar-refractivity contribution in [3.8, 4) is 0 Å². The van der Waals surface area contributed by atoms with E-state index < -0.39 is 0 Å². The number of nitrogens with zero attached hydrogens (tertiary/aromatic N) is 3. The van der Waals surface area contributed by atoms with Crippen molar-refractivity contribution in [3.63, 3.8) is 0 Å². The second-order valence-corrected chi connectivity index (χ2v) is 4.42. The van der Waals surface area contributed by atoms with Crippen molar-refractivity contribution in [2.24, 2.45) is 0 Å². The summed E-state index contributed by atoms with van der Waals surface area (Å²) in [7, 11) is 0. The molecule has 0 aromatic carbocycles. The second kappa shape index (κ2) is 7.19. The van der Waals surface area contributed by atoms with Gasteiger partial charge in [-0.1, -0.05) is 20.8 Å². The molecule has 0 spiro atoms. The van der Waals surface area contributed by atoms with Crippen LogP contribution in [0.15, 0.2) is 12.4 Å². The van der Waals surface area contributed by atoms with E-state index in [2.05, 4.69) is 22.9 Å². The van der Waals surface area contributed by atoms with Gasteiger partial charge in [-0.25, -0.2) is 0 Å². The Hall–Kier alpha value is -1.32. The third-order valence-corrected chi connectivity index (χ3v) is 3.35. The summed E-state index contributed by atoms with van der Waals surface area (Å²) in [6.07, 6.45) is 7.15. The normalized spacial score (nSPS) is 16.1. The van der Waals surface area contributed by atoms with Crippen LogP contribution in [0.3, 0.4) is 0 Å². The molecule has 0 saturated carbocycles. The first kappa shape index (κ1) is 14.7. The number of rotatable bonds is 2. The lowest BCUT2D eigenvalue weighted by Gasteiger charge is -2.31. The molecule has 1 fully saturated rings. The second-order valence-electron chi connectivity index (χ2n) is 4.42. The highest BCUT2D eigenvalue weighted by atomic mass is 16.2. The molecule has 2 rings (SSSR count). The van der Waals surface area contributed by atoms with E-state index in [0.717, 1.165) is 32.4 Å². The quantitative estimate of drug-likeness (QED) is 0.810. The molecule has 1 amide bonds. The molecule has 1 aromatic heterocycles. The van der Waals surface area contributed by atoms with E-state index in [1.807, 2.05) is 24.9 Å². The number of carbonyl (C=O) groups excluding carboxylic acids is 1. The van der Waals surface area contributed by atoms with Gasteiger partial charge < -0.3 is 4.90 Å².